The Morgan fingerprint density at radius 2 is 2.00 bits per heavy atom. The van der Waals surface area contributed by atoms with Crippen LogP contribution in [0.1, 0.15) is 37.4 Å². The lowest BCUT2D eigenvalue weighted by atomic mass is 9.83. The van der Waals surface area contributed by atoms with Crippen molar-refractivity contribution in [3.63, 3.8) is 0 Å². The van der Waals surface area contributed by atoms with Crippen molar-refractivity contribution in [1.29, 1.82) is 0 Å². The van der Waals surface area contributed by atoms with Gasteiger partial charge in [-0.25, -0.2) is 0 Å². The van der Waals surface area contributed by atoms with E-state index in [1.165, 1.54) is 31.2 Å². The molecule has 1 fully saturated rings. The fourth-order valence-electron chi connectivity index (χ4n) is 2.07. The van der Waals surface area contributed by atoms with Crippen LogP contribution in [0.3, 0.4) is 0 Å². The molecule has 1 atom stereocenters. The van der Waals surface area contributed by atoms with Crippen molar-refractivity contribution in [3.8, 4) is 0 Å². The summed E-state index contributed by atoms with van der Waals surface area (Å²) in [6, 6.07) is 8.47. The monoisotopic (exact) mass is 408 g/mol. The average molecular weight is 409 g/mol. The van der Waals surface area contributed by atoms with E-state index in [1.54, 1.807) is 0 Å². The van der Waals surface area contributed by atoms with Gasteiger partial charge in [-0.1, -0.05) is 69.9 Å². The maximum atomic E-state index is 6.00. The molecule has 0 radical (unpaired) electrons. The summed E-state index contributed by atoms with van der Waals surface area (Å²) in [6.07, 6.45) is 5.74. The number of benzene rings is 1. The zero-order valence-electron chi connectivity index (χ0n) is 9.87. The quantitative estimate of drug-likeness (QED) is 0.468. The van der Waals surface area contributed by atoms with Crippen LogP contribution in [-0.2, 0) is 4.74 Å². The first-order valence-corrected chi connectivity index (χ1v) is 8.54. The van der Waals surface area contributed by atoms with E-state index in [4.69, 9.17) is 4.74 Å². The Morgan fingerprint density at radius 1 is 1.29 bits per heavy atom. The van der Waals surface area contributed by atoms with Crippen LogP contribution in [-0.4, -0.2) is 11.0 Å². The number of hydrogen-bond donors (Lipinski definition) is 0. The van der Waals surface area contributed by atoms with Gasteiger partial charge >= 0.3 is 0 Å². The van der Waals surface area contributed by atoms with Gasteiger partial charge in [0.2, 0.25) is 0 Å². The minimum absolute atomic E-state index is 0.253. The number of halogens is 2. The first kappa shape index (κ1) is 13.8. The van der Waals surface area contributed by atoms with Crippen molar-refractivity contribution in [2.75, 3.05) is 11.0 Å². The van der Waals surface area contributed by atoms with Crippen molar-refractivity contribution in [1.82, 2.24) is 0 Å². The molecule has 0 saturated heterocycles. The molecule has 2 rings (SSSR count). The molecule has 0 aromatic heterocycles. The van der Waals surface area contributed by atoms with Gasteiger partial charge in [0.1, 0.15) is 0 Å². The van der Waals surface area contributed by atoms with Gasteiger partial charge in [0.25, 0.3) is 0 Å². The van der Waals surface area contributed by atoms with E-state index >= 15 is 0 Å². The van der Waals surface area contributed by atoms with E-state index in [0.29, 0.717) is 0 Å². The molecule has 3 heteroatoms. The molecule has 1 aliphatic rings. The topological polar surface area (TPSA) is 9.23 Å². The minimum atomic E-state index is 0.253. The summed E-state index contributed by atoms with van der Waals surface area (Å²) < 4.78 is 8.15. The van der Waals surface area contributed by atoms with E-state index < -0.39 is 0 Å². The Labute approximate surface area is 126 Å². The van der Waals surface area contributed by atoms with Crippen molar-refractivity contribution >= 4 is 38.5 Å². The second-order valence-electron chi connectivity index (χ2n) is 4.65. The van der Waals surface area contributed by atoms with Gasteiger partial charge in [0, 0.05) is 15.5 Å². The van der Waals surface area contributed by atoms with Gasteiger partial charge in [0.15, 0.2) is 0 Å². The standard InChI is InChI=1S/C14H18BrIO/c15-13-6-4-12(5-7-13)14(10-16)17-9-8-11-2-1-3-11/h4-7,11,14H,1-3,8-10H2. The second-order valence-corrected chi connectivity index (χ2v) is 6.45. The molecule has 0 amide bonds. The fraction of sp³-hybridized carbons (Fsp3) is 0.571. The summed E-state index contributed by atoms with van der Waals surface area (Å²) in [4.78, 5) is 0. The van der Waals surface area contributed by atoms with E-state index in [1.807, 2.05) is 0 Å². The van der Waals surface area contributed by atoms with Gasteiger partial charge < -0.3 is 4.74 Å². The predicted molar refractivity (Wildman–Crippen MR) is 83.7 cm³/mol. The summed E-state index contributed by atoms with van der Waals surface area (Å²) in [5.74, 6) is 0.940. The molecule has 1 aromatic rings. The molecule has 94 valence electrons. The molecule has 1 aromatic carbocycles. The largest absolute Gasteiger partial charge is 0.373 e. The van der Waals surface area contributed by atoms with Crippen molar-refractivity contribution in [2.24, 2.45) is 5.92 Å². The lowest BCUT2D eigenvalue weighted by Crippen LogP contribution is -2.15. The third-order valence-electron chi connectivity index (χ3n) is 3.45. The SMILES string of the molecule is Brc1ccc(C(CI)OCCC2CCC2)cc1. The number of hydrogen-bond acceptors (Lipinski definition) is 1. The van der Waals surface area contributed by atoms with E-state index in [-0.39, 0.29) is 6.10 Å². The molecule has 17 heavy (non-hydrogen) atoms. The molecule has 0 N–H and O–H groups in total. The normalized spacial score (nSPS) is 17.8. The van der Waals surface area contributed by atoms with Gasteiger partial charge in [-0.3, -0.25) is 0 Å². The van der Waals surface area contributed by atoms with E-state index in [9.17, 15) is 0 Å². The smallest absolute Gasteiger partial charge is 0.0914 e. The number of rotatable bonds is 6. The van der Waals surface area contributed by atoms with Gasteiger partial charge in [-0.15, -0.1) is 0 Å². The summed E-state index contributed by atoms with van der Waals surface area (Å²) >= 11 is 5.87. The highest BCUT2D eigenvalue weighted by Gasteiger charge is 2.18. The van der Waals surface area contributed by atoms with Crippen LogP contribution in [0.5, 0.6) is 0 Å². The van der Waals surface area contributed by atoms with Crippen LogP contribution in [0.25, 0.3) is 0 Å². The second kappa shape index (κ2) is 7.10. The summed E-state index contributed by atoms with van der Waals surface area (Å²) in [7, 11) is 0. The molecule has 1 aliphatic carbocycles. The molecular formula is C14H18BrIO. The lowest BCUT2D eigenvalue weighted by molar-refractivity contribution is 0.0531. The zero-order valence-corrected chi connectivity index (χ0v) is 13.6. The molecule has 0 bridgehead atoms. The van der Waals surface area contributed by atoms with Gasteiger partial charge in [0.05, 0.1) is 6.10 Å². The first-order chi connectivity index (χ1) is 8.29. The average Bonchev–Trinajstić information content (AvgIpc) is 2.29. The van der Waals surface area contributed by atoms with Crippen LogP contribution < -0.4 is 0 Å². The zero-order chi connectivity index (χ0) is 12.1. The van der Waals surface area contributed by atoms with Gasteiger partial charge in [-0.05, 0) is 30.0 Å². The van der Waals surface area contributed by atoms with Crippen molar-refractivity contribution < 1.29 is 4.74 Å². The van der Waals surface area contributed by atoms with E-state index in [2.05, 4.69) is 62.8 Å². The van der Waals surface area contributed by atoms with Crippen LogP contribution in [0.15, 0.2) is 28.7 Å². The Kier molecular flexibility index (Phi) is 5.77. The highest BCUT2D eigenvalue weighted by molar-refractivity contribution is 14.1. The highest BCUT2D eigenvalue weighted by Crippen LogP contribution is 2.30. The summed E-state index contributed by atoms with van der Waals surface area (Å²) in [6.45, 7) is 0.911. The van der Waals surface area contributed by atoms with Crippen LogP contribution >= 0.6 is 38.5 Å². The fourth-order valence-corrected chi connectivity index (χ4v) is 3.09. The Balaban J connectivity index is 1.80. The molecular weight excluding hydrogens is 391 g/mol. The maximum absolute atomic E-state index is 6.00. The summed E-state index contributed by atoms with van der Waals surface area (Å²) in [5, 5.41) is 0. The van der Waals surface area contributed by atoms with Gasteiger partial charge in [-0.2, -0.15) is 0 Å². The molecule has 1 nitrogen and oxygen atoms in total. The van der Waals surface area contributed by atoms with Crippen molar-refractivity contribution in [3.05, 3.63) is 34.3 Å². The van der Waals surface area contributed by atoms with Crippen LogP contribution in [0, 0.1) is 5.92 Å². The minimum Gasteiger partial charge on any atom is -0.373 e. The summed E-state index contributed by atoms with van der Waals surface area (Å²) in [5.41, 5.74) is 1.29. The van der Waals surface area contributed by atoms with E-state index in [0.717, 1.165) is 21.4 Å². The highest BCUT2D eigenvalue weighted by atomic mass is 127. The van der Waals surface area contributed by atoms with Crippen LogP contribution in [0.2, 0.25) is 0 Å². The Bertz CT molecular complexity index is 335. The molecule has 0 spiro atoms. The number of ether oxygens (including phenoxy) is 1. The predicted octanol–water partition coefficient (Wildman–Crippen LogP) is 5.13. The maximum Gasteiger partial charge on any atom is 0.0914 e. The molecule has 0 aliphatic heterocycles. The molecule has 0 heterocycles. The first-order valence-electron chi connectivity index (χ1n) is 6.22. The number of alkyl halides is 1. The molecule has 1 unspecified atom stereocenters. The van der Waals surface area contributed by atoms with Crippen molar-refractivity contribution in [2.45, 2.75) is 31.8 Å². The Hall–Kier alpha value is 0.390. The third kappa shape index (κ3) is 4.21. The Morgan fingerprint density at radius 3 is 2.53 bits per heavy atom. The third-order valence-corrected chi connectivity index (χ3v) is 4.78. The van der Waals surface area contributed by atoms with Crippen LogP contribution in [0.4, 0.5) is 0 Å². The lowest BCUT2D eigenvalue weighted by Gasteiger charge is -2.26. The molecule has 1 saturated carbocycles.